The molecular formula is C25H27F4N3O6S. The average Bonchev–Trinajstić information content (AvgIpc) is 3.58. The number of halogens is 4. The molecule has 2 fully saturated rings. The monoisotopic (exact) mass is 573 g/mol. The molecule has 39 heavy (non-hydrogen) atoms. The van der Waals surface area contributed by atoms with Crippen LogP contribution in [0.3, 0.4) is 0 Å². The largest absolute Gasteiger partial charge is 0.490 e. The lowest BCUT2D eigenvalue weighted by Gasteiger charge is -2.18. The molecule has 9 nitrogen and oxygen atoms in total. The molecule has 212 valence electrons. The van der Waals surface area contributed by atoms with Gasteiger partial charge in [-0.25, -0.2) is 17.6 Å². The molecule has 2 aromatic rings. The first-order valence-corrected chi connectivity index (χ1v) is 13.5. The summed E-state index contributed by atoms with van der Waals surface area (Å²) in [6.45, 7) is 1.96. The van der Waals surface area contributed by atoms with E-state index in [0.29, 0.717) is 31.6 Å². The number of rotatable bonds is 9. The third-order valence-corrected chi connectivity index (χ3v) is 7.72. The van der Waals surface area contributed by atoms with Crippen LogP contribution in [0.25, 0.3) is 0 Å². The number of likely N-dealkylation sites (tertiary alicyclic amines) is 1. The number of carboxylic acids is 1. The molecule has 2 aromatic carbocycles. The quantitative estimate of drug-likeness (QED) is 0.311. The Hall–Kier alpha value is -3.68. The number of sulfonamides is 1. The number of aliphatic carboxylic acids is 1. The van der Waals surface area contributed by atoms with Gasteiger partial charge in [0, 0.05) is 31.7 Å². The number of nitrogens with one attached hydrogen (secondary N) is 2. The van der Waals surface area contributed by atoms with Crippen LogP contribution in [0.2, 0.25) is 0 Å². The van der Waals surface area contributed by atoms with Gasteiger partial charge in [-0.2, -0.15) is 13.2 Å². The van der Waals surface area contributed by atoms with Gasteiger partial charge in [0.2, 0.25) is 11.8 Å². The van der Waals surface area contributed by atoms with Crippen LogP contribution in [-0.4, -0.2) is 62.0 Å². The first kappa shape index (κ1) is 29.9. The van der Waals surface area contributed by atoms with E-state index in [0.717, 1.165) is 37.4 Å². The fourth-order valence-corrected chi connectivity index (χ4v) is 5.22. The van der Waals surface area contributed by atoms with Crippen LogP contribution in [0.4, 0.5) is 23.2 Å². The van der Waals surface area contributed by atoms with Crippen LogP contribution in [0.1, 0.15) is 37.7 Å². The lowest BCUT2D eigenvalue weighted by molar-refractivity contribution is -0.192. The van der Waals surface area contributed by atoms with E-state index in [9.17, 15) is 35.6 Å². The second-order valence-electron chi connectivity index (χ2n) is 9.09. The van der Waals surface area contributed by atoms with Crippen LogP contribution in [0.5, 0.6) is 0 Å². The van der Waals surface area contributed by atoms with E-state index in [2.05, 4.69) is 10.0 Å². The van der Waals surface area contributed by atoms with E-state index in [-0.39, 0.29) is 11.8 Å². The van der Waals surface area contributed by atoms with Gasteiger partial charge in [0.25, 0.3) is 10.0 Å². The Morgan fingerprint density at radius 2 is 1.67 bits per heavy atom. The van der Waals surface area contributed by atoms with Crippen molar-refractivity contribution in [3.05, 3.63) is 59.9 Å². The number of hydrogen-bond acceptors (Lipinski definition) is 5. The highest BCUT2D eigenvalue weighted by Crippen LogP contribution is 2.48. The Labute approximate surface area is 222 Å². The molecule has 4 rings (SSSR count). The summed E-state index contributed by atoms with van der Waals surface area (Å²) in [6, 6.07) is 11.8. The average molecular weight is 574 g/mol. The third-order valence-electron chi connectivity index (χ3n) is 6.30. The number of carboxylic acid groups (broad SMARTS) is 1. The first-order valence-electron chi connectivity index (χ1n) is 12.0. The predicted molar refractivity (Wildman–Crippen MR) is 132 cm³/mol. The molecule has 1 aliphatic carbocycles. The highest BCUT2D eigenvalue weighted by atomic mass is 32.2. The molecule has 0 radical (unpaired) electrons. The number of hydrogen-bond donors (Lipinski definition) is 3. The van der Waals surface area contributed by atoms with Crippen LogP contribution in [0, 0.1) is 5.82 Å². The Morgan fingerprint density at radius 3 is 2.18 bits per heavy atom. The first-order chi connectivity index (χ1) is 18.3. The van der Waals surface area contributed by atoms with E-state index >= 15 is 0 Å². The van der Waals surface area contributed by atoms with Gasteiger partial charge in [0.05, 0.1) is 5.41 Å². The standard InChI is InChI=1S/C23H26FN3O4S.C2HF3O2/c24-19-5-1-2-6-20(19)32(30,31)26-18-10-8-17(9-11-18)23(12-13-23)22(29)25-14-4-16-27-15-3-7-21(27)28;3-2(4,5)1(6)7/h1-2,5-6,8-11,26H,3-4,7,12-16H2,(H,25,29);(H,6,7). The molecule has 3 N–H and O–H groups in total. The van der Waals surface area contributed by atoms with Crippen LogP contribution < -0.4 is 10.0 Å². The van der Waals surface area contributed by atoms with Crippen molar-refractivity contribution >= 4 is 33.5 Å². The molecule has 2 aliphatic rings. The molecule has 1 saturated heterocycles. The van der Waals surface area contributed by atoms with Crippen molar-refractivity contribution in [2.45, 2.75) is 48.6 Å². The zero-order chi connectivity index (χ0) is 28.8. The second kappa shape index (κ2) is 12.0. The summed E-state index contributed by atoms with van der Waals surface area (Å²) in [5.41, 5.74) is 0.522. The summed E-state index contributed by atoms with van der Waals surface area (Å²) in [5, 5.41) is 10.1. The molecular weight excluding hydrogens is 546 g/mol. The Bertz CT molecular complexity index is 1310. The number of alkyl halides is 3. The lowest BCUT2D eigenvalue weighted by atomic mass is 9.95. The van der Waals surface area contributed by atoms with E-state index in [4.69, 9.17) is 9.90 Å². The van der Waals surface area contributed by atoms with Crippen molar-refractivity contribution in [3.63, 3.8) is 0 Å². The van der Waals surface area contributed by atoms with Gasteiger partial charge in [-0.3, -0.25) is 14.3 Å². The summed E-state index contributed by atoms with van der Waals surface area (Å²) in [6.07, 6.45) is -1.40. The van der Waals surface area contributed by atoms with Gasteiger partial charge in [-0.15, -0.1) is 0 Å². The van der Waals surface area contributed by atoms with Gasteiger partial charge in [-0.05, 0) is 55.5 Å². The highest BCUT2D eigenvalue weighted by Gasteiger charge is 2.51. The second-order valence-corrected chi connectivity index (χ2v) is 10.7. The van der Waals surface area contributed by atoms with E-state index in [1.165, 1.54) is 18.2 Å². The lowest BCUT2D eigenvalue weighted by Crippen LogP contribution is -2.36. The number of carbonyl (C=O) groups excluding carboxylic acids is 2. The number of carbonyl (C=O) groups is 3. The fraction of sp³-hybridized carbons (Fsp3) is 0.400. The van der Waals surface area contributed by atoms with Gasteiger partial charge < -0.3 is 15.3 Å². The Morgan fingerprint density at radius 1 is 1.05 bits per heavy atom. The molecule has 0 spiro atoms. The zero-order valence-corrected chi connectivity index (χ0v) is 21.4. The molecule has 1 saturated carbocycles. The summed E-state index contributed by atoms with van der Waals surface area (Å²) in [5.74, 6) is -3.45. The smallest absolute Gasteiger partial charge is 0.475 e. The van der Waals surface area contributed by atoms with Crippen molar-refractivity contribution in [1.82, 2.24) is 10.2 Å². The number of nitrogens with zero attached hydrogens (tertiary/aromatic N) is 1. The minimum Gasteiger partial charge on any atom is -0.475 e. The van der Waals surface area contributed by atoms with E-state index in [1.54, 1.807) is 24.3 Å². The molecule has 1 aliphatic heterocycles. The third kappa shape index (κ3) is 7.68. The van der Waals surface area contributed by atoms with Crippen molar-refractivity contribution in [1.29, 1.82) is 0 Å². The van der Waals surface area contributed by atoms with Crippen molar-refractivity contribution in [3.8, 4) is 0 Å². The molecule has 0 unspecified atom stereocenters. The molecule has 1 heterocycles. The summed E-state index contributed by atoms with van der Waals surface area (Å²) in [7, 11) is -4.05. The minimum absolute atomic E-state index is 0.0510. The topological polar surface area (TPSA) is 133 Å². The zero-order valence-electron chi connectivity index (χ0n) is 20.6. The SMILES string of the molecule is O=C(O)C(F)(F)F.O=C1CCCN1CCCNC(=O)C1(c2ccc(NS(=O)(=O)c3ccccc3F)cc2)CC1. The molecule has 0 aromatic heterocycles. The fourth-order valence-electron chi connectivity index (χ4n) is 4.08. The summed E-state index contributed by atoms with van der Waals surface area (Å²) in [4.78, 5) is 34.7. The highest BCUT2D eigenvalue weighted by molar-refractivity contribution is 7.92. The Kier molecular flexibility index (Phi) is 9.20. The summed E-state index contributed by atoms with van der Waals surface area (Å²) < 4.78 is 72.9. The van der Waals surface area contributed by atoms with Crippen LogP contribution >= 0.6 is 0 Å². The van der Waals surface area contributed by atoms with Crippen molar-refractivity contribution in [2.24, 2.45) is 0 Å². The molecule has 0 bridgehead atoms. The predicted octanol–water partition coefficient (Wildman–Crippen LogP) is 3.42. The van der Waals surface area contributed by atoms with Gasteiger partial charge >= 0.3 is 12.1 Å². The number of benzene rings is 2. The maximum absolute atomic E-state index is 13.9. The maximum atomic E-state index is 13.9. The summed E-state index contributed by atoms with van der Waals surface area (Å²) >= 11 is 0. The van der Waals surface area contributed by atoms with E-state index in [1.807, 2.05) is 4.90 Å². The van der Waals surface area contributed by atoms with Gasteiger partial charge in [0.1, 0.15) is 10.7 Å². The van der Waals surface area contributed by atoms with Crippen LogP contribution in [-0.2, 0) is 29.8 Å². The van der Waals surface area contributed by atoms with E-state index < -0.39 is 38.3 Å². The number of anilines is 1. The Balaban J connectivity index is 0.000000532. The molecule has 2 amide bonds. The molecule has 0 atom stereocenters. The van der Waals surface area contributed by atoms with Crippen molar-refractivity contribution < 1.29 is 45.5 Å². The minimum atomic E-state index is -5.08. The molecule has 14 heteroatoms. The number of amides is 2. The van der Waals surface area contributed by atoms with Gasteiger partial charge in [0.15, 0.2) is 0 Å². The normalized spacial score (nSPS) is 16.2. The van der Waals surface area contributed by atoms with Gasteiger partial charge in [-0.1, -0.05) is 24.3 Å². The van der Waals surface area contributed by atoms with Crippen LogP contribution in [0.15, 0.2) is 53.4 Å². The maximum Gasteiger partial charge on any atom is 0.490 e. The van der Waals surface area contributed by atoms with Crippen molar-refractivity contribution in [2.75, 3.05) is 24.4 Å².